The van der Waals surface area contributed by atoms with Crippen LogP contribution in [0.5, 0.6) is 0 Å². The second kappa shape index (κ2) is 3.68. The van der Waals surface area contributed by atoms with Crippen LogP contribution in [0.4, 0.5) is 0 Å². The molecule has 0 saturated heterocycles. The van der Waals surface area contributed by atoms with Crippen molar-refractivity contribution in [3.05, 3.63) is 35.4 Å². The minimum atomic E-state index is 0.111. The van der Waals surface area contributed by atoms with E-state index >= 15 is 0 Å². The largest absolute Gasteiger partial charge is 0.294 e. The maximum Gasteiger partial charge on any atom is 0.162 e. The summed E-state index contributed by atoms with van der Waals surface area (Å²) in [5.41, 5.74) is 1.26. The third-order valence-electron chi connectivity index (χ3n) is 1.66. The second-order valence-electron chi connectivity index (χ2n) is 2.47. The summed E-state index contributed by atoms with van der Waals surface area (Å²) in [5.74, 6) is 0.111. The summed E-state index contributed by atoms with van der Waals surface area (Å²) in [6.07, 6.45) is 0.506. The molecule has 0 heterocycles. The number of carbonyl (C=O) groups excluding carboxylic acids is 1. The van der Waals surface area contributed by atoms with Gasteiger partial charge in [0.25, 0.3) is 0 Å². The maximum absolute atomic E-state index is 11.1. The Morgan fingerprint density at radius 1 is 1.42 bits per heavy atom. The Morgan fingerprint density at radius 2 is 2.00 bits per heavy atom. The number of hydrogen-bond donors (Lipinski definition) is 0. The van der Waals surface area contributed by atoms with Gasteiger partial charge in [0.05, 0.1) is 11.6 Å². The molecule has 0 atom stereocenters. The molecule has 0 N–H and O–H groups in total. The first-order chi connectivity index (χ1) is 5.77. The number of nitrogens with zero attached hydrogens (tertiary/aromatic N) is 1. The molecule has 1 aromatic carbocycles. The van der Waals surface area contributed by atoms with Crippen LogP contribution >= 0.6 is 0 Å². The van der Waals surface area contributed by atoms with E-state index in [4.69, 9.17) is 5.26 Å². The molecule has 0 bridgehead atoms. The zero-order chi connectivity index (χ0) is 8.97. The second-order valence-corrected chi connectivity index (χ2v) is 2.47. The van der Waals surface area contributed by atoms with Gasteiger partial charge < -0.3 is 0 Å². The highest BCUT2D eigenvalue weighted by molar-refractivity contribution is 5.95. The van der Waals surface area contributed by atoms with Crippen LogP contribution in [0.1, 0.15) is 29.3 Å². The number of Topliss-reactive ketones (excluding diaryl/α,β-unsaturated/α-hetero) is 1. The van der Waals surface area contributed by atoms with Crippen LogP contribution in [-0.4, -0.2) is 5.78 Å². The molecule has 0 amide bonds. The van der Waals surface area contributed by atoms with Gasteiger partial charge in [0.1, 0.15) is 0 Å². The predicted molar refractivity (Wildman–Crippen MR) is 45.8 cm³/mol. The third-order valence-corrected chi connectivity index (χ3v) is 1.66. The molecule has 2 heteroatoms. The van der Waals surface area contributed by atoms with E-state index in [0.29, 0.717) is 17.5 Å². The number of rotatable bonds is 2. The SMILES string of the molecule is CCC(=O)c1ccc(C#N)cc1. The van der Waals surface area contributed by atoms with Gasteiger partial charge in [-0.3, -0.25) is 4.79 Å². The summed E-state index contributed by atoms with van der Waals surface area (Å²) in [6.45, 7) is 1.82. The van der Waals surface area contributed by atoms with E-state index in [9.17, 15) is 4.79 Å². The van der Waals surface area contributed by atoms with Crippen molar-refractivity contribution in [3.63, 3.8) is 0 Å². The number of nitriles is 1. The van der Waals surface area contributed by atoms with Crippen molar-refractivity contribution in [1.82, 2.24) is 0 Å². The normalized spacial score (nSPS) is 9.00. The van der Waals surface area contributed by atoms with E-state index in [1.54, 1.807) is 24.3 Å². The summed E-state index contributed by atoms with van der Waals surface area (Å²) in [7, 11) is 0. The van der Waals surface area contributed by atoms with Gasteiger partial charge in [0.15, 0.2) is 5.78 Å². The third kappa shape index (κ3) is 1.70. The standard InChI is InChI=1S/C10H9NO/c1-2-10(12)9-5-3-8(7-11)4-6-9/h3-6H,2H2,1H3. The molecule has 1 aromatic rings. The van der Waals surface area contributed by atoms with Gasteiger partial charge in [-0.25, -0.2) is 0 Å². The van der Waals surface area contributed by atoms with Crippen molar-refractivity contribution in [1.29, 1.82) is 5.26 Å². The average molecular weight is 159 g/mol. The van der Waals surface area contributed by atoms with Crippen LogP contribution in [-0.2, 0) is 0 Å². The van der Waals surface area contributed by atoms with Crippen molar-refractivity contribution < 1.29 is 4.79 Å². The number of ketones is 1. The smallest absolute Gasteiger partial charge is 0.162 e. The first-order valence-corrected chi connectivity index (χ1v) is 3.81. The fourth-order valence-corrected chi connectivity index (χ4v) is 0.935. The maximum atomic E-state index is 11.1. The average Bonchev–Trinajstić information content (AvgIpc) is 2.17. The molecule has 1 rings (SSSR count). The van der Waals surface area contributed by atoms with Crippen LogP contribution in [0.15, 0.2) is 24.3 Å². The minimum absolute atomic E-state index is 0.111. The molecule has 0 radical (unpaired) electrons. The van der Waals surface area contributed by atoms with Crippen molar-refractivity contribution in [2.45, 2.75) is 13.3 Å². The Bertz CT molecular complexity index is 319. The van der Waals surface area contributed by atoms with Crippen LogP contribution < -0.4 is 0 Å². The summed E-state index contributed by atoms with van der Waals surface area (Å²) in [4.78, 5) is 11.1. The Labute approximate surface area is 71.4 Å². The molecule has 0 spiro atoms. The lowest BCUT2D eigenvalue weighted by Crippen LogP contribution is -1.95. The molecule has 2 nitrogen and oxygen atoms in total. The van der Waals surface area contributed by atoms with E-state index in [1.807, 2.05) is 13.0 Å². The highest BCUT2D eigenvalue weighted by atomic mass is 16.1. The zero-order valence-corrected chi connectivity index (χ0v) is 6.87. The Hall–Kier alpha value is -1.62. The first kappa shape index (κ1) is 8.48. The van der Waals surface area contributed by atoms with Gasteiger partial charge in [-0.2, -0.15) is 5.26 Å². The molecule has 0 unspecified atom stereocenters. The van der Waals surface area contributed by atoms with Crippen molar-refractivity contribution in [2.75, 3.05) is 0 Å². The molecule has 0 aliphatic carbocycles. The van der Waals surface area contributed by atoms with Gasteiger partial charge in [-0.05, 0) is 12.1 Å². The van der Waals surface area contributed by atoms with E-state index in [1.165, 1.54) is 0 Å². The lowest BCUT2D eigenvalue weighted by atomic mass is 10.1. The van der Waals surface area contributed by atoms with Gasteiger partial charge in [0, 0.05) is 12.0 Å². The monoisotopic (exact) mass is 159 g/mol. The molecular formula is C10H9NO. The van der Waals surface area contributed by atoms with E-state index in [-0.39, 0.29) is 5.78 Å². The van der Waals surface area contributed by atoms with Gasteiger partial charge >= 0.3 is 0 Å². The highest BCUT2D eigenvalue weighted by Gasteiger charge is 2.01. The number of hydrogen-bond acceptors (Lipinski definition) is 2. The van der Waals surface area contributed by atoms with E-state index < -0.39 is 0 Å². The lowest BCUT2D eigenvalue weighted by Gasteiger charge is -1.95. The quantitative estimate of drug-likeness (QED) is 0.620. The molecule has 0 aliphatic rings. The van der Waals surface area contributed by atoms with Crippen LogP contribution in [0.3, 0.4) is 0 Å². The van der Waals surface area contributed by atoms with Crippen LogP contribution in [0, 0.1) is 11.3 Å². The summed E-state index contributed by atoms with van der Waals surface area (Å²) >= 11 is 0. The summed E-state index contributed by atoms with van der Waals surface area (Å²) in [6, 6.07) is 8.68. The molecule has 0 saturated carbocycles. The Kier molecular flexibility index (Phi) is 2.60. The van der Waals surface area contributed by atoms with Crippen molar-refractivity contribution >= 4 is 5.78 Å². The summed E-state index contributed by atoms with van der Waals surface area (Å²) in [5, 5.41) is 8.49. The predicted octanol–water partition coefficient (Wildman–Crippen LogP) is 2.15. The van der Waals surface area contributed by atoms with Crippen LogP contribution in [0.25, 0.3) is 0 Å². The van der Waals surface area contributed by atoms with Crippen molar-refractivity contribution in [2.24, 2.45) is 0 Å². The molecule has 0 aliphatic heterocycles. The molecular weight excluding hydrogens is 150 g/mol. The van der Waals surface area contributed by atoms with Gasteiger partial charge in [-0.15, -0.1) is 0 Å². The van der Waals surface area contributed by atoms with Gasteiger partial charge in [0.2, 0.25) is 0 Å². The van der Waals surface area contributed by atoms with E-state index in [0.717, 1.165) is 0 Å². The number of carbonyl (C=O) groups is 1. The summed E-state index contributed by atoms with van der Waals surface area (Å²) < 4.78 is 0. The minimum Gasteiger partial charge on any atom is -0.294 e. The topological polar surface area (TPSA) is 40.9 Å². The Morgan fingerprint density at radius 3 is 2.42 bits per heavy atom. The molecule has 12 heavy (non-hydrogen) atoms. The lowest BCUT2D eigenvalue weighted by molar-refractivity contribution is 0.0988. The molecule has 60 valence electrons. The fraction of sp³-hybridized carbons (Fsp3) is 0.200. The van der Waals surface area contributed by atoms with Crippen LogP contribution in [0.2, 0.25) is 0 Å². The van der Waals surface area contributed by atoms with Crippen molar-refractivity contribution in [3.8, 4) is 6.07 Å². The molecule has 0 aromatic heterocycles. The fourth-order valence-electron chi connectivity index (χ4n) is 0.935. The zero-order valence-electron chi connectivity index (χ0n) is 6.87. The highest BCUT2D eigenvalue weighted by Crippen LogP contribution is 2.05. The first-order valence-electron chi connectivity index (χ1n) is 3.81. The number of benzene rings is 1. The Balaban J connectivity index is 2.94. The molecule has 0 fully saturated rings. The van der Waals surface area contributed by atoms with E-state index in [2.05, 4.69) is 0 Å². The van der Waals surface area contributed by atoms with Gasteiger partial charge in [-0.1, -0.05) is 19.1 Å².